The molecule has 10 heteroatoms. The van der Waals surface area contributed by atoms with E-state index in [9.17, 15) is 14.7 Å². The molecule has 0 unspecified atom stereocenters. The number of fused-ring (bicyclic) bond motifs is 1. The molecule has 1 aromatic heterocycles. The molecule has 36 heavy (non-hydrogen) atoms. The number of primary amides is 1. The number of rotatable bonds is 9. The Labute approximate surface area is 209 Å². The van der Waals surface area contributed by atoms with Gasteiger partial charge in [-0.15, -0.1) is 0 Å². The molecule has 4 rings (SSSR count). The minimum atomic E-state index is -0.788. The van der Waals surface area contributed by atoms with Crippen LogP contribution in [-0.2, 0) is 16.1 Å². The van der Waals surface area contributed by atoms with Gasteiger partial charge in [-0.05, 0) is 36.1 Å². The Morgan fingerprint density at radius 1 is 1.17 bits per heavy atom. The average Bonchev–Trinajstić information content (AvgIpc) is 3.00. The number of likely N-dealkylation sites (N-methyl/N-ethyl adjacent to an activating group) is 1. The first kappa shape index (κ1) is 24.9. The zero-order valence-corrected chi connectivity index (χ0v) is 20.0. The predicted molar refractivity (Wildman–Crippen MR) is 134 cm³/mol. The standard InChI is InChI=1S/C26H29N5O5/c1-30-12-13-31(24(32)21-16-28-26(34)29-23(21)30)20-10-5-7-18(15-20)17-36-22(11-6-14-35-25(27)33)19-8-3-2-4-9-19/h2-5,7-10,15-16,22H,6,11-14,17H2,1H3,(H2,27,33)(H,28,29,34)/t22-/m1/s1. The first-order valence-corrected chi connectivity index (χ1v) is 11.7. The Morgan fingerprint density at radius 2 is 1.97 bits per heavy atom. The van der Waals surface area contributed by atoms with Crippen molar-refractivity contribution in [1.82, 2.24) is 9.97 Å². The Kier molecular flexibility index (Phi) is 7.96. The van der Waals surface area contributed by atoms with Crippen LogP contribution in [0.15, 0.2) is 60.8 Å². The van der Waals surface area contributed by atoms with Gasteiger partial charge in [0.1, 0.15) is 11.4 Å². The smallest absolute Gasteiger partial charge is 0.404 e. The van der Waals surface area contributed by atoms with E-state index in [1.165, 1.54) is 6.20 Å². The molecule has 0 radical (unpaired) electrons. The van der Waals surface area contributed by atoms with Crippen molar-refractivity contribution in [3.63, 3.8) is 0 Å². The number of nitrogens with zero attached hydrogens (tertiary/aromatic N) is 4. The average molecular weight is 492 g/mol. The molecule has 0 spiro atoms. The molecule has 0 bridgehead atoms. The molecule has 0 saturated heterocycles. The lowest BCUT2D eigenvalue weighted by Crippen LogP contribution is -2.33. The van der Waals surface area contributed by atoms with Crippen molar-refractivity contribution in [2.75, 3.05) is 36.5 Å². The van der Waals surface area contributed by atoms with E-state index >= 15 is 0 Å². The first-order valence-electron chi connectivity index (χ1n) is 11.7. The van der Waals surface area contributed by atoms with E-state index in [-0.39, 0.29) is 24.6 Å². The van der Waals surface area contributed by atoms with Crippen molar-refractivity contribution < 1.29 is 24.2 Å². The molecule has 2 amide bonds. The van der Waals surface area contributed by atoms with Gasteiger partial charge in [0, 0.05) is 32.0 Å². The molecule has 1 aliphatic heterocycles. The molecule has 1 atom stereocenters. The van der Waals surface area contributed by atoms with E-state index in [0.717, 1.165) is 16.8 Å². The van der Waals surface area contributed by atoms with Crippen LogP contribution in [0, 0.1) is 0 Å². The quantitative estimate of drug-likeness (QED) is 0.436. The topological polar surface area (TPSA) is 131 Å². The number of carbonyl (C=O) groups is 2. The molecule has 0 fully saturated rings. The van der Waals surface area contributed by atoms with Crippen LogP contribution in [0.2, 0.25) is 0 Å². The van der Waals surface area contributed by atoms with Crippen LogP contribution < -0.4 is 15.5 Å². The molecular formula is C26H29N5O5. The molecule has 1 aliphatic rings. The van der Waals surface area contributed by atoms with Gasteiger partial charge in [-0.3, -0.25) is 4.79 Å². The number of ether oxygens (including phenoxy) is 2. The van der Waals surface area contributed by atoms with E-state index < -0.39 is 6.09 Å². The minimum Gasteiger partial charge on any atom is -0.479 e. The summed E-state index contributed by atoms with van der Waals surface area (Å²) in [7, 11) is 1.82. The van der Waals surface area contributed by atoms with Crippen molar-refractivity contribution in [3.8, 4) is 6.01 Å². The van der Waals surface area contributed by atoms with Crippen molar-refractivity contribution in [2.45, 2.75) is 25.6 Å². The van der Waals surface area contributed by atoms with Crippen LogP contribution >= 0.6 is 0 Å². The summed E-state index contributed by atoms with van der Waals surface area (Å²) in [6, 6.07) is 17.1. The second kappa shape index (κ2) is 11.5. The van der Waals surface area contributed by atoms with Gasteiger partial charge < -0.3 is 30.1 Å². The lowest BCUT2D eigenvalue weighted by molar-refractivity contribution is 0.0287. The maximum Gasteiger partial charge on any atom is 0.404 e. The highest BCUT2D eigenvalue weighted by Crippen LogP contribution is 2.28. The summed E-state index contributed by atoms with van der Waals surface area (Å²) >= 11 is 0. The number of nitrogens with two attached hydrogens (primary N) is 1. The first-order chi connectivity index (χ1) is 17.4. The fourth-order valence-electron chi connectivity index (χ4n) is 4.12. The summed E-state index contributed by atoms with van der Waals surface area (Å²) in [5.74, 6) is 0.171. The van der Waals surface area contributed by atoms with Crippen molar-refractivity contribution in [3.05, 3.63) is 77.5 Å². The van der Waals surface area contributed by atoms with E-state index in [4.69, 9.17) is 15.2 Å². The molecule has 188 valence electrons. The van der Waals surface area contributed by atoms with Gasteiger partial charge >= 0.3 is 12.1 Å². The van der Waals surface area contributed by atoms with Gasteiger partial charge in [-0.2, -0.15) is 4.98 Å². The number of anilines is 2. The van der Waals surface area contributed by atoms with Gasteiger partial charge in [0.2, 0.25) is 0 Å². The number of carbonyl (C=O) groups excluding carboxylic acids is 2. The zero-order chi connectivity index (χ0) is 25.5. The largest absolute Gasteiger partial charge is 0.479 e. The molecule has 3 N–H and O–H groups in total. The second-order valence-corrected chi connectivity index (χ2v) is 8.48. The Balaban J connectivity index is 1.48. The molecule has 3 aromatic rings. The summed E-state index contributed by atoms with van der Waals surface area (Å²) < 4.78 is 11.1. The summed E-state index contributed by atoms with van der Waals surface area (Å²) in [5, 5.41) is 9.67. The number of aromatic nitrogens is 2. The Morgan fingerprint density at radius 3 is 2.75 bits per heavy atom. The third-order valence-corrected chi connectivity index (χ3v) is 5.95. The summed E-state index contributed by atoms with van der Waals surface area (Å²) in [4.78, 5) is 35.5. The van der Waals surface area contributed by atoms with Crippen molar-refractivity contribution >= 4 is 23.5 Å². The Bertz CT molecular complexity index is 1210. The van der Waals surface area contributed by atoms with Crippen LogP contribution in [0.5, 0.6) is 6.01 Å². The van der Waals surface area contributed by atoms with Crippen LogP contribution in [0.1, 0.15) is 40.4 Å². The SMILES string of the molecule is CN1CCN(c2cccc(CO[C@H](CCCOC(N)=O)c3ccccc3)c2)C(=O)c2cnc(O)nc21. The third-order valence-electron chi connectivity index (χ3n) is 5.95. The van der Waals surface area contributed by atoms with E-state index in [2.05, 4.69) is 9.97 Å². The summed E-state index contributed by atoms with van der Waals surface area (Å²) in [6.07, 6.45) is 1.63. The number of benzene rings is 2. The minimum absolute atomic E-state index is 0.198. The maximum atomic E-state index is 13.3. The molecule has 2 heterocycles. The van der Waals surface area contributed by atoms with Crippen molar-refractivity contribution in [2.24, 2.45) is 5.73 Å². The monoisotopic (exact) mass is 491 g/mol. The number of amides is 2. The highest BCUT2D eigenvalue weighted by molar-refractivity contribution is 6.09. The third kappa shape index (κ3) is 6.08. The van der Waals surface area contributed by atoms with Crippen molar-refractivity contribution in [1.29, 1.82) is 0 Å². The van der Waals surface area contributed by atoms with Gasteiger partial charge in [0.15, 0.2) is 0 Å². The van der Waals surface area contributed by atoms with Gasteiger partial charge in [0.25, 0.3) is 5.91 Å². The highest BCUT2D eigenvalue weighted by Gasteiger charge is 2.28. The molecule has 2 aromatic carbocycles. The molecule has 0 aliphatic carbocycles. The van der Waals surface area contributed by atoms with E-state index in [1.807, 2.05) is 66.5 Å². The van der Waals surface area contributed by atoms with Crippen LogP contribution in [-0.4, -0.2) is 53.8 Å². The Hall–Kier alpha value is -4.18. The van der Waals surface area contributed by atoms with Gasteiger partial charge in [-0.1, -0.05) is 42.5 Å². The van der Waals surface area contributed by atoms with E-state index in [0.29, 0.717) is 43.9 Å². The molecular weight excluding hydrogens is 462 g/mol. The maximum absolute atomic E-state index is 13.3. The van der Waals surface area contributed by atoms with Gasteiger partial charge in [-0.25, -0.2) is 9.78 Å². The van der Waals surface area contributed by atoms with Crippen LogP contribution in [0.4, 0.5) is 16.3 Å². The lowest BCUT2D eigenvalue weighted by Gasteiger charge is -2.22. The second-order valence-electron chi connectivity index (χ2n) is 8.48. The zero-order valence-electron chi connectivity index (χ0n) is 20.0. The highest BCUT2D eigenvalue weighted by atomic mass is 16.5. The fraction of sp³-hybridized carbons (Fsp3) is 0.308. The summed E-state index contributed by atoms with van der Waals surface area (Å²) in [5.41, 5.74) is 8.06. The van der Waals surface area contributed by atoms with Crippen LogP contribution in [0.3, 0.4) is 0 Å². The van der Waals surface area contributed by atoms with E-state index in [1.54, 1.807) is 4.90 Å². The van der Waals surface area contributed by atoms with Crippen LogP contribution in [0.25, 0.3) is 0 Å². The number of hydrogen-bond donors (Lipinski definition) is 2. The molecule has 0 saturated carbocycles. The lowest BCUT2D eigenvalue weighted by atomic mass is 10.0. The fourth-order valence-corrected chi connectivity index (χ4v) is 4.12. The normalized spacial score (nSPS) is 14.2. The van der Waals surface area contributed by atoms with Gasteiger partial charge in [0.05, 0.1) is 19.3 Å². The molecule has 10 nitrogen and oxygen atoms in total. The predicted octanol–water partition coefficient (Wildman–Crippen LogP) is 3.41. The number of hydrogen-bond acceptors (Lipinski definition) is 8. The summed E-state index contributed by atoms with van der Waals surface area (Å²) in [6.45, 7) is 1.55. The number of aromatic hydroxyl groups is 1.